The van der Waals surface area contributed by atoms with Crippen molar-refractivity contribution in [3.63, 3.8) is 0 Å². The second-order valence-corrected chi connectivity index (χ2v) is 7.62. The van der Waals surface area contributed by atoms with E-state index in [-0.39, 0.29) is 0 Å². The van der Waals surface area contributed by atoms with Crippen molar-refractivity contribution in [1.29, 1.82) is 0 Å². The van der Waals surface area contributed by atoms with E-state index in [4.69, 9.17) is 23.2 Å². The van der Waals surface area contributed by atoms with Gasteiger partial charge in [-0.1, -0.05) is 77.4 Å². The van der Waals surface area contributed by atoms with Crippen molar-refractivity contribution in [1.82, 2.24) is 0 Å². The maximum absolute atomic E-state index is 6.57. The summed E-state index contributed by atoms with van der Waals surface area (Å²) in [6.45, 7) is 0. The van der Waals surface area contributed by atoms with Crippen molar-refractivity contribution in [2.75, 3.05) is 0 Å². The summed E-state index contributed by atoms with van der Waals surface area (Å²) in [4.78, 5) is 0. The predicted molar refractivity (Wildman–Crippen MR) is 127 cm³/mol. The average molecular weight is 385 g/mol. The molecule has 0 saturated heterocycles. The van der Waals surface area contributed by atoms with E-state index >= 15 is 0 Å². The molecule has 0 saturated carbocycles. The molecule has 2 aromatic carbocycles. The fraction of sp³-hybridized carbons (Fsp3) is 0. The van der Waals surface area contributed by atoms with E-state index in [1.54, 1.807) is 0 Å². The molecule has 0 aromatic heterocycles. The summed E-state index contributed by atoms with van der Waals surface area (Å²) >= 11 is 16.8. The van der Waals surface area contributed by atoms with E-state index in [0.717, 1.165) is 36.4 Å². The Bertz CT molecular complexity index is 682. The maximum Gasteiger partial charge on any atom is 0.142 e. The zero-order valence-corrected chi connectivity index (χ0v) is 17.2. The highest BCUT2D eigenvalue weighted by Crippen LogP contribution is 2.18. The molecule has 10 heteroatoms. The second kappa shape index (κ2) is 6.45. The van der Waals surface area contributed by atoms with Crippen LogP contribution in [0.3, 0.4) is 0 Å². The van der Waals surface area contributed by atoms with Gasteiger partial charge < -0.3 is 0 Å². The van der Waals surface area contributed by atoms with Gasteiger partial charge >= 0.3 is 0 Å². The highest BCUT2D eigenvalue weighted by atomic mass is 79.9. The van der Waals surface area contributed by atoms with Crippen molar-refractivity contribution in [3.05, 3.63) is 14.5 Å². The Balaban J connectivity index is 3.03. The fourth-order valence-corrected chi connectivity index (χ4v) is 4.16. The first-order chi connectivity index (χ1) is 10.1. The molecule has 0 aliphatic carbocycles. The van der Waals surface area contributed by atoms with E-state index in [1.165, 1.54) is 27.5 Å². The van der Waals surface area contributed by atoms with Crippen LogP contribution in [0.5, 0.6) is 0 Å². The van der Waals surface area contributed by atoms with Gasteiger partial charge in [-0.3, -0.25) is 0 Å². The highest BCUT2D eigenvalue weighted by molar-refractivity contribution is 9.10. The van der Waals surface area contributed by atoms with Gasteiger partial charge in [0.2, 0.25) is 0 Å². The average Bonchev–Trinajstić information content (AvgIpc) is 2.50. The molecule has 0 fully saturated rings. The predicted octanol–water partition coefficient (Wildman–Crippen LogP) is -6.77. The van der Waals surface area contributed by atoms with E-state index in [9.17, 15) is 0 Å². The summed E-state index contributed by atoms with van der Waals surface area (Å²) in [5.41, 5.74) is 10.7. The van der Waals surface area contributed by atoms with Crippen molar-refractivity contribution < 1.29 is 0 Å². The standard InChI is InChI=1S/C12H14B7BrCl2/c13-3-1(4(14)8(18)12(22)7(3)17)2-5(15)10(20)9(19)11(21)6(2)16/h13-19H2. The van der Waals surface area contributed by atoms with Crippen LogP contribution in [0.25, 0.3) is 11.1 Å². The minimum atomic E-state index is 0.830. The Hall–Kier alpha value is -0.0455. The van der Waals surface area contributed by atoms with Gasteiger partial charge in [-0.05, 0) is 11.1 Å². The topological polar surface area (TPSA) is 0 Å². The molecule has 0 spiro atoms. The first-order valence-electron chi connectivity index (χ1n) is 7.32. The zero-order valence-electron chi connectivity index (χ0n) is 14.1. The number of hydrogen-bond donors (Lipinski definition) is 0. The van der Waals surface area contributed by atoms with Crippen LogP contribution in [0, 0.1) is 0 Å². The van der Waals surface area contributed by atoms with Crippen LogP contribution in [-0.2, 0) is 0 Å². The molecule has 0 aliphatic heterocycles. The molecule has 22 heavy (non-hydrogen) atoms. The molecule has 104 valence electrons. The first kappa shape index (κ1) is 18.3. The Morgan fingerprint density at radius 3 is 1.32 bits per heavy atom. The van der Waals surface area contributed by atoms with E-state index in [2.05, 4.69) is 63.0 Å². The van der Waals surface area contributed by atoms with Crippen molar-refractivity contribution in [2.45, 2.75) is 0 Å². The third-order valence-electron chi connectivity index (χ3n) is 4.85. The van der Waals surface area contributed by atoms with E-state index in [0.29, 0.717) is 0 Å². The van der Waals surface area contributed by atoms with Gasteiger partial charge in [0.1, 0.15) is 54.9 Å². The summed E-state index contributed by atoms with van der Waals surface area (Å²) in [6.07, 6.45) is 0. The van der Waals surface area contributed by atoms with Gasteiger partial charge in [0.05, 0.1) is 0 Å². The monoisotopic (exact) mass is 384 g/mol. The number of rotatable bonds is 1. The van der Waals surface area contributed by atoms with Crippen molar-refractivity contribution in [3.8, 4) is 11.1 Å². The van der Waals surface area contributed by atoms with Crippen LogP contribution in [0.2, 0.25) is 10.0 Å². The largest absolute Gasteiger partial charge is 0.142 e. The van der Waals surface area contributed by atoms with E-state index < -0.39 is 0 Å². The molecule has 0 unspecified atom stereocenters. The minimum Gasteiger partial charge on any atom is -0.0867 e. The Morgan fingerprint density at radius 2 is 0.864 bits per heavy atom. The summed E-state index contributed by atoms with van der Waals surface area (Å²) in [7, 11) is 14.8. The van der Waals surface area contributed by atoms with E-state index in [1.807, 2.05) is 7.85 Å². The van der Waals surface area contributed by atoms with Gasteiger partial charge in [0.25, 0.3) is 0 Å². The SMILES string of the molecule is Bc1c(B)c(-c2c(B)c(Cl)c(B)c(Br)c2B)c(B)c(B)c1Cl. The quantitative estimate of drug-likeness (QED) is 0.429. The molecular weight excluding hydrogens is 371 g/mol. The molecule has 0 bridgehead atoms. The second-order valence-electron chi connectivity index (χ2n) is 6.07. The molecule has 0 heterocycles. The molecule has 2 aromatic rings. The third kappa shape index (κ3) is 2.66. The summed E-state index contributed by atoms with van der Waals surface area (Å²) < 4.78 is 1.09. The first-order valence-corrected chi connectivity index (χ1v) is 8.87. The molecule has 0 N–H and O–H groups in total. The number of benzene rings is 2. The zero-order chi connectivity index (χ0) is 16.9. The van der Waals surface area contributed by atoms with Crippen LogP contribution in [-0.4, -0.2) is 54.9 Å². The Labute approximate surface area is 157 Å². The number of halogens is 3. The molecule has 0 nitrogen and oxygen atoms in total. The Kier molecular flexibility index (Phi) is 5.37. The van der Waals surface area contributed by atoms with Crippen LogP contribution in [0.4, 0.5) is 0 Å². The minimum absolute atomic E-state index is 0.830. The highest BCUT2D eigenvalue weighted by Gasteiger charge is 2.20. The molecule has 0 aliphatic rings. The molecule has 0 atom stereocenters. The van der Waals surface area contributed by atoms with Gasteiger partial charge in [0.15, 0.2) is 0 Å². The lowest BCUT2D eigenvalue weighted by atomic mass is 9.62. The lowest BCUT2D eigenvalue weighted by Gasteiger charge is -2.24. The Morgan fingerprint density at radius 1 is 0.500 bits per heavy atom. The van der Waals surface area contributed by atoms with Crippen molar-refractivity contribution in [2.24, 2.45) is 0 Å². The van der Waals surface area contributed by atoms with Gasteiger partial charge in [-0.15, -0.1) is 0 Å². The third-order valence-corrected chi connectivity index (χ3v) is 7.17. The molecule has 2 rings (SSSR count). The lowest BCUT2D eigenvalue weighted by molar-refractivity contribution is 1.79. The van der Waals surface area contributed by atoms with Crippen LogP contribution >= 0.6 is 39.1 Å². The van der Waals surface area contributed by atoms with Crippen LogP contribution in [0.15, 0.2) is 4.47 Å². The fourth-order valence-electron chi connectivity index (χ4n) is 3.18. The summed E-state index contributed by atoms with van der Waals surface area (Å²) in [6, 6.07) is 0. The van der Waals surface area contributed by atoms with Gasteiger partial charge in [-0.25, -0.2) is 0 Å². The maximum atomic E-state index is 6.57. The summed E-state index contributed by atoms with van der Waals surface area (Å²) in [5.74, 6) is 0. The molecule has 0 radical (unpaired) electrons. The number of hydrogen-bond acceptors (Lipinski definition) is 0. The molecular formula is C12H14B7BrCl2. The van der Waals surface area contributed by atoms with Gasteiger partial charge in [-0.2, -0.15) is 0 Å². The van der Waals surface area contributed by atoms with Gasteiger partial charge in [0, 0.05) is 14.5 Å². The van der Waals surface area contributed by atoms with Crippen LogP contribution in [0.1, 0.15) is 0 Å². The molecule has 0 amide bonds. The summed E-state index contributed by atoms with van der Waals surface area (Å²) in [5, 5.41) is 1.70. The van der Waals surface area contributed by atoms with Crippen molar-refractivity contribution >= 4 is 132 Å². The normalized spacial score (nSPS) is 10.9. The smallest absolute Gasteiger partial charge is 0.0867 e. The van der Waals surface area contributed by atoms with Crippen LogP contribution < -0.4 is 38.2 Å². The lowest BCUT2D eigenvalue weighted by Crippen LogP contribution is -2.46.